The van der Waals surface area contributed by atoms with Gasteiger partial charge in [-0.1, -0.05) is 56.3 Å². The van der Waals surface area contributed by atoms with Gasteiger partial charge in [-0.3, -0.25) is 4.98 Å². The average Bonchev–Trinajstić information content (AvgIpc) is 2.88. The molecule has 4 aromatic rings. The van der Waals surface area contributed by atoms with Gasteiger partial charge in [0.05, 0.1) is 10.4 Å². The van der Waals surface area contributed by atoms with Gasteiger partial charge >= 0.3 is 0 Å². The van der Waals surface area contributed by atoms with Crippen molar-refractivity contribution in [1.82, 2.24) is 10.4 Å². The highest BCUT2D eigenvalue weighted by Crippen LogP contribution is 2.33. The zero-order valence-electron chi connectivity index (χ0n) is 20.6. The first kappa shape index (κ1) is 25.3. The number of hydrazine groups is 1. The second kappa shape index (κ2) is 10.5. The Kier molecular flexibility index (Phi) is 7.37. The average molecular weight is 502 g/mol. The standard InChI is InChI=1S/C28H31N5O2S/c1-18(2)23-16-22-8-5-13-31-27(22)25(17-23)21-7-4-6-19(14-21)15-26(28(32-29)33-30)20-9-11-24(12-10-20)36(3,34)35/h4-14,16-18,26H,15,29-30H2,1-3H3,(H,32,33). The molecule has 0 spiro atoms. The maximum absolute atomic E-state index is 11.9. The lowest BCUT2D eigenvalue weighted by molar-refractivity contribution is 0.602. The number of pyridine rings is 1. The largest absolute Gasteiger partial charge is 0.322 e. The fourth-order valence-electron chi connectivity index (χ4n) is 4.42. The normalized spacial score (nSPS) is 13.2. The van der Waals surface area contributed by atoms with Crippen molar-refractivity contribution in [3.05, 3.63) is 95.7 Å². The van der Waals surface area contributed by atoms with Crippen molar-refractivity contribution >= 4 is 26.6 Å². The summed E-state index contributed by atoms with van der Waals surface area (Å²) in [6, 6.07) is 23.5. The van der Waals surface area contributed by atoms with E-state index in [1.54, 1.807) is 24.3 Å². The molecular weight excluding hydrogens is 470 g/mol. The smallest absolute Gasteiger partial charge is 0.175 e. The number of rotatable bonds is 7. The molecule has 36 heavy (non-hydrogen) atoms. The summed E-state index contributed by atoms with van der Waals surface area (Å²) in [6.07, 6.45) is 3.56. The Morgan fingerprint density at radius 3 is 2.39 bits per heavy atom. The Morgan fingerprint density at radius 2 is 1.75 bits per heavy atom. The van der Waals surface area contributed by atoms with Gasteiger partial charge in [-0.15, -0.1) is 0 Å². The lowest BCUT2D eigenvalue weighted by Gasteiger charge is -2.20. The van der Waals surface area contributed by atoms with Crippen LogP contribution in [0.4, 0.5) is 0 Å². The lowest BCUT2D eigenvalue weighted by atomic mass is 9.89. The molecule has 7 nitrogen and oxygen atoms in total. The van der Waals surface area contributed by atoms with Crippen molar-refractivity contribution in [2.45, 2.75) is 37.0 Å². The SMILES string of the molecule is CC(C)c1cc(-c2cccc(CC(/C(=N/N)NN)c3ccc(S(C)(=O)=O)cc3)c2)c2ncccc2c1. The van der Waals surface area contributed by atoms with Crippen molar-refractivity contribution in [2.24, 2.45) is 16.8 Å². The van der Waals surface area contributed by atoms with E-state index < -0.39 is 9.84 Å². The van der Waals surface area contributed by atoms with Crippen LogP contribution >= 0.6 is 0 Å². The number of benzene rings is 3. The summed E-state index contributed by atoms with van der Waals surface area (Å²) in [5, 5.41) is 4.96. The van der Waals surface area contributed by atoms with Crippen LogP contribution in [0.5, 0.6) is 0 Å². The van der Waals surface area contributed by atoms with Crippen LogP contribution in [0, 0.1) is 0 Å². The first-order chi connectivity index (χ1) is 17.2. The number of aromatic nitrogens is 1. The third kappa shape index (κ3) is 5.40. The van der Waals surface area contributed by atoms with Crippen LogP contribution in [0.2, 0.25) is 0 Å². The monoisotopic (exact) mass is 501 g/mol. The topological polar surface area (TPSA) is 123 Å². The van der Waals surface area contributed by atoms with Crippen molar-refractivity contribution in [1.29, 1.82) is 0 Å². The van der Waals surface area contributed by atoms with E-state index in [9.17, 15) is 8.42 Å². The summed E-state index contributed by atoms with van der Waals surface area (Å²) in [5.41, 5.74) is 8.87. The van der Waals surface area contributed by atoms with E-state index in [0.29, 0.717) is 18.2 Å². The molecule has 0 radical (unpaired) electrons. The number of nitrogens with zero attached hydrogens (tertiary/aromatic N) is 2. The Bertz CT molecular complexity index is 1510. The second-order valence-electron chi connectivity index (χ2n) is 9.26. The Hall–Kier alpha value is -3.75. The maximum atomic E-state index is 11.9. The minimum Gasteiger partial charge on any atom is -0.322 e. The van der Waals surface area contributed by atoms with Gasteiger partial charge in [0.1, 0.15) is 5.84 Å². The van der Waals surface area contributed by atoms with Gasteiger partial charge in [-0.05, 0) is 64.9 Å². The third-order valence-electron chi connectivity index (χ3n) is 6.40. The number of fused-ring (bicyclic) bond motifs is 1. The first-order valence-corrected chi connectivity index (χ1v) is 13.6. The van der Waals surface area contributed by atoms with Crippen LogP contribution < -0.4 is 17.1 Å². The molecule has 3 aromatic carbocycles. The van der Waals surface area contributed by atoms with Crippen molar-refractivity contribution in [2.75, 3.05) is 6.26 Å². The van der Waals surface area contributed by atoms with Crippen LogP contribution in [0.25, 0.3) is 22.0 Å². The van der Waals surface area contributed by atoms with Crippen molar-refractivity contribution in [3.63, 3.8) is 0 Å². The highest BCUT2D eigenvalue weighted by molar-refractivity contribution is 7.90. The minimum atomic E-state index is -3.30. The molecule has 0 bridgehead atoms. The van der Waals surface area contributed by atoms with Crippen LogP contribution in [-0.4, -0.2) is 25.5 Å². The number of nitrogens with two attached hydrogens (primary N) is 2. The van der Waals surface area contributed by atoms with Crippen LogP contribution in [-0.2, 0) is 16.3 Å². The van der Waals surface area contributed by atoms with Gasteiger partial charge < -0.3 is 11.3 Å². The van der Waals surface area contributed by atoms with E-state index in [0.717, 1.165) is 33.2 Å². The second-order valence-corrected chi connectivity index (χ2v) is 11.3. The number of nitrogens with one attached hydrogen (secondary N) is 1. The zero-order chi connectivity index (χ0) is 25.9. The maximum Gasteiger partial charge on any atom is 0.175 e. The van der Waals surface area contributed by atoms with E-state index in [-0.39, 0.29) is 10.8 Å². The van der Waals surface area contributed by atoms with E-state index in [2.05, 4.69) is 59.7 Å². The molecule has 1 atom stereocenters. The molecule has 0 saturated carbocycles. The molecule has 0 saturated heterocycles. The lowest BCUT2D eigenvalue weighted by Crippen LogP contribution is -2.37. The molecule has 186 valence electrons. The Labute approximate surface area is 212 Å². The molecule has 0 aliphatic carbocycles. The van der Waals surface area contributed by atoms with Gasteiger partial charge in [0.15, 0.2) is 9.84 Å². The van der Waals surface area contributed by atoms with Gasteiger partial charge in [0.25, 0.3) is 0 Å². The molecule has 0 aliphatic rings. The quantitative estimate of drug-likeness (QED) is 0.148. The van der Waals surface area contributed by atoms with Crippen LogP contribution in [0.1, 0.15) is 42.4 Å². The Balaban J connectivity index is 1.76. The van der Waals surface area contributed by atoms with Gasteiger partial charge in [-0.25, -0.2) is 14.3 Å². The summed E-state index contributed by atoms with van der Waals surface area (Å²) >= 11 is 0. The zero-order valence-corrected chi connectivity index (χ0v) is 21.5. The molecule has 1 aromatic heterocycles. The van der Waals surface area contributed by atoms with Crippen molar-refractivity contribution in [3.8, 4) is 11.1 Å². The molecule has 0 aliphatic heterocycles. The van der Waals surface area contributed by atoms with Gasteiger partial charge in [0.2, 0.25) is 0 Å². The number of hydrazone groups is 1. The number of hydrogen-bond acceptors (Lipinski definition) is 6. The number of hydrogen-bond donors (Lipinski definition) is 3. The minimum absolute atomic E-state index is 0.253. The van der Waals surface area contributed by atoms with E-state index in [1.807, 2.05) is 24.4 Å². The highest BCUT2D eigenvalue weighted by Gasteiger charge is 2.20. The molecule has 4 rings (SSSR count). The fourth-order valence-corrected chi connectivity index (χ4v) is 5.05. The highest BCUT2D eigenvalue weighted by atomic mass is 32.2. The van der Waals surface area contributed by atoms with E-state index >= 15 is 0 Å². The van der Waals surface area contributed by atoms with E-state index in [1.165, 1.54) is 11.8 Å². The predicted octanol–water partition coefficient (Wildman–Crippen LogP) is 4.49. The van der Waals surface area contributed by atoms with Gasteiger partial charge in [0, 0.05) is 29.3 Å². The van der Waals surface area contributed by atoms with Crippen LogP contribution in [0.15, 0.2) is 89.0 Å². The molecular formula is C28H31N5O2S. The molecule has 1 heterocycles. The fraction of sp³-hybridized carbons (Fsp3) is 0.214. The van der Waals surface area contributed by atoms with Gasteiger partial charge in [-0.2, -0.15) is 5.10 Å². The molecule has 0 amide bonds. The number of sulfone groups is 1. The first-order valence-electron chi connectivity index (χ1n) is 11.7. The van der Waals surface area contributed by atoms with Crippen LogP contribution in [0.3, 0.4) is 0 Å². The Morgan fingerprint density at radius 1 is 1.00 bits per heavy atom. The molecule has 8 heteroatoms. The van der Waals surface area contributed by atoms with E-state index in [4.69, 9.17) is 11.7 Å². The summed E-state index contributed by atoms with van der Waals surface area (Å²) in [6.45, 7) is 4.37. The molecule has 1 unspecified atom stereocenters. The number of amidine groups is 1. The molecule has 5 N–H and O–H groups in total. The summed E-state index contributed by atoms with van der Waals surface area (Å²) in [5.74, 6) is 11.9. The third-order valence-corrected chi connectivity index (χ3v) is 7.53. The summed E-state index contributed by atoms with van der Waals surface area (Å²) < 4.78 is 23.8. The molecule has 0 fully saturated rings. The summed E-state index contributed by atoms with van der Waals surface area (Å²) in [4.78, 5) is 4.92. The van der Waals surface area contributed by atoms with Crippen molar-refractivity contribution < 1.29 is 8.42 Å². The summed E-state index contributed by atoms with van der Waals surface area (Å²) in [7, 11) is -3.30. The predicted molar refractivity (Wildman–Crippen MR) is 146 cm³/mol.